The SMILES string of the molecule is c1ccc([C@H](CNc2ncnc3nc[nH]c23)N2CCOCC2)cc1. The molecule has 24 heavy (non-hydrogen) atoms. The second kappa shape index (κ2) is 6.94. The normalized spacial score (nSPS) is 17.0. The van der Waals surface area contributed by atoms with Gasteiger partial charge in [-0.15, -0.1) is 0 Å². The summed E-state index contributed by atoms with van der Waals surface area (Å²) < 4.78 is 5.50. The van der Waals surface area contributed by atoms with Crippen LogP contribution in [0.4, 0.5) is 5.82 Å². The molecule has 1 aliphatic heterocycles. The Balaban J connectivity index is 1.56. The number of imidazole rings is 1. The molecule has 2 aromatic heterocycles. The fourth-order valence-electron chi connectivity index (χ4n) is 3.11. The maximum atomic E-state index is 5.50. The van der Waals surface area contributed by atoms with E-state index >= 15 is 0 Å². The molecule has 3 heterocycles. The van der Waals surface area contributed by atoms with E-state index in [-0.39, 0.29) is 6.04 Å². The number of hydrogen-bond acceptors (Lipinski definition) is 6. The van der Waals surface area contributed by atoms with Gasteiger partial charge >= 0.3 is 0 Å². The van der Waals surface area contributed by atoms with E-state index in [1.807, 2.05) is 6.07 Å². The highest BCUT2D eigenvalue weighted by Crippen LogP contribution is 2.23. The minimum absolute atomic E-state index is 0.267. The summed E-state index contributed by atoms with van der Waals surface area (Å²) in [7, 11) is 0. The number of aromatic nitrogens is 4. The molecule has 0 aliphatic carbocycles. The summed E-state index contributed by atoms with van der Waals surface area (Å²) in [5.74, 6) is 0.784. The van der Waals surface area contributed by atoms with Crippen LogP contribution >= 0.6 is 0 Å². The summed E-state index contributed by atoms with van der Waals surface area (Å²) in [6.07, 6.45) is 3.18. The van der Waals surface area contributed by atoms with Crippen molar-refractivity contribution in [2.24, 2.45) is 0 Å². The smallest absolute Gasteiger partial charge is 0.182 e. The standard InChI is InChI=1S/C17H20N6O/c1-2-4-13(5-3-1)14(23-6-8-24-9-7-23)10-18-16-15-17(20-11-19-15)22-12-21-16/h1-5,11-12,14H,6-10H2,(H2,18,19,20,21,22)/t14-/m0/s1. The fourth-order valence-corrected chi connectivity index (χ4v) is 3.11. The van der Waals surface area contributed by atoms with Gasteiger partial charge in [-0.3, -0.25) is 4.90 Å². The van der Waals surface area contributed by atoms with E-state index in [0.29, 0.717) is 5.65 Å². The number of fused-ring (bicyclic) bond motifs is 1. The second-order valence-electron chi connectivity index (χ2n) is 5.78. The maximum absolute atomic E-state index is 5.50. The Morgan fingerprint density at radius 3 is 2.79 bits per heavy atom. The zero-order chi connectivity index (χ0) is 16.2. The number of anilines is 1. The molecule has 1 aromatic carbocycles. The lowest BCUT2D eigenvalue weighted by Gasteiger charge is -2.35. The molecule has 0 spiro atoms. The van der Waals surface area contributed by atoms with Gasteiger partial charge in [0, 0.05) is 19.6 Å². The third kappa shape index (κ3) is 3.08. The van der Waals surface area contributed by atoms with E-state index in [1.54, 1.807) is 6.33 Å². The molecule has 0 radical (unpaired) electrons. The van der Waals surface area contributed by atoms with Crippen molar-refractivity contribution < 1.29 is 4.74 Å². The van der Waals surface area contributed by atoms with Crippen molar-refractivity contribution in [3.63, 3.8) is 0 Å². The number of ether oxygens (including phenoxy) is 1. The lowest BCUT2D eigenvalue weighted by atomic mass is 10.0. The minimum atomic E-state index is 0.267. The molecule has 0 amide bonds. The zero-order valence-electron chi connectivity index (χ0n) is 13.4. The molecule has 7 heteroatoms. The number of hydrogen-bond donors (Lipinski definition) is 2. The number of nitrogens with zero attached hydrogens (tertiary/aromatic N) is 4. The van der Waals surface area contributed by atoms with Crippen molar-refractivity contribution in [2.45, 2.75) is 6.04 Å². The summed E-state index contributed by atoms with van der Waals surface area (Å²) in [5.41, 5.74) is 2.81. The van der Waals surface area contributed by atoms with Crippen molar-refractivity contribution >= 4 is 17.0 Å². The molecular weight excluding hydrogens is 304 g/mol. The maximum Gasteiger partial charge on any atom is 0.182 e. The van der Waals surface area contributed by atoms with Gasteiger partial charge in [-0.05, 0) is 5.56 Å². The number of morpholine rings is 1. The van der Waals surface area contributed by atoms with Gasteiger partial charge in [0.1, 0.15) is 11.8 Å². The third-order valence-electron chi connectivity index (χ3n) is 4.36. The number of benzene rings is 1. The highest BCUT2D eigenvalue weighted by atomic mass is 16.5. The number of H-pyrrole nitrogens is 1. The van der Waals surface area contributed by atoms with Crippen LogP contribution in [0.3, 0.4) is 0 Å². The van der Waals surface area contributed by atoms with Gasteiger partial charge in [0.15, 0.2) is 11.5 Å². The Morgan fingerprint density at radius 1 is 1.12 bits per heavy atom. The molecule has 0 unspecified atom stereocenters. The van der Waals surface area contributed by atoms with Crippen LogP contribution < -0.4 is 5.32 Å². The average molecular weight is 324 g/mol. The van der Waals surface area contributed by atoms with Gasteiger partial charge in [-0.1, -0.05) is 30.3 Å². The molecule has 3 aromatic rings. The quantitative estimate of drug-likeness (QED) is 0.745. The highest BCUT2D eigenvalue weighted by molar-refractivity contribution is 5.81. The van der Waals surface area contributed by atoms with Crippen molar-refractivity contribution in [1.29, 1.82) is 0 Å². The Kier molecular flexibility index (Phi) is 4.35. The van der Waals surface area contributed by atoms with Crippen LogP contribution in [-0.2, 0) is 4.74 Å². The average Bonchev–Trinajstić information content (AvgIpc) is 3.13. The van der Waals surface area contributed by atoms with E-state index in [4.69, 9.17) is 4.74 Å². The summed E-state index contributed by atoms with van der Waals surface area (Å²) in [6.45, 7) is 4.19. The molecule has 0 saturated carbocycles. The molecule has 1 saturated heterocycles. The summed E-state index contributed by atoms with van der Waals surface area (Å²) in [6, 6.07) is 10.8. The monoisotopic (exact) mass is 324 g/mol. The highest BCUT2D eigenvalue weighted by Gasteiger charge is 2.22. The first-order valence-corrected chi connectivity index (χ1v) is 8.16. The zero-order valence-corrected chi connectivity index (χ0v) is 13.4. The van der Waals surface area contributed by atoms with Crippen molar-refractivity contribution in [1.82, 2.24) is 24.8 Å². The van der Waals surface area contributed by atoms with Crippen molar-refractivity contribution in [3.8, 4) is 0 Å². The summed E-state index contributed by atoms with van der Waals surface area (Å²) in [5, 5.41) is 3.46. The van der Waals surface area contributed by atoms with Gasteiger partial charge < -0.3 is 15.0 Å². The molecule has 1 aliphatic rings. The second-order valence-corrected chi connectivity index (χ2v) is 5.78. The van der Waals surface area contributed by atoms with Crippen molar-refractivity contribution in [2.75, 3.05) is 38.2 Å². The number of aromatic amines is 1. The van der Waals surface area contributed by atoms with Crippen LogP contribution in [0, 0.1) is 0 Å². The predicted octanol–water partition coefficient (Wildman–Crippen LogP) is 1.84. The Labute approximate surface area is 140 Å². The molecule has 124 valence electrons. The first-order valence-electron chi connectivity index (χ1n) is 8.16. The van der Waals surface area contributed by atoms with E-state index in [1.165, 1.54) is 11.9 Å². The van der Waals surface area contributed by atoms with Crippen LogP contribution in [0.2, 0.25) is 0 Å². The lowest BCUT2D eigenvalue weighted by Crippen LogP contribution is -2.41. The predicted molar refractivity (Wildman–Crippen MR) is 91.7 cm³/mol. The minimum Gasteiger partial charge on any atom is -0.379 e. The Morgan fingerprint density at radius 2 is 1.96 bits per heavy atom. The molecule has 2 N–H and O–H groups in total. The van der Waals surface area contributed by atoms with Crippen LogP contribution in [-0.4, -0.2) is 57.7 Å². The van der Waals surface area contributed by atoms with Gasteiger partial charge in [0.2, 0.25) is 0 Å². The molecule has 1 fully saturated rings. The van der Waals surface area contributed by atoms with E-state index < -0.39 is 0 Å². The summed E-state index contributed by atoms with van der Waals surface area (Å²) >= 11 is 0. The van der Waals surface area contributed by atoms with Crippen molar-refractivity contribution in [3.05, 3.63) is 48.5 Å². The Bertz CT molecular complexity index is 784. The number of rotatable bonds is 5. The van der Waals surface area contributed by atoms with E-state index in [2.05, 4.69) is 54.4 Å². The van der Waals surface area contributed by atoms with Crippen LogP contribution in [0.25, 0.3) is 11.2 Å². The third-order valence-corrected chi connectivity index (χ3v) is 4.36. The van der Waals surface area contributed by atoms with Gasteiger partial charge in [-0.25, -0.2) is 15.0 Å². The van der Waals surface area contributed by atoms with E-state index in [0.717, 1.165) is 44.2 Å². The van der Waals surface area contributed by atoms with Crippen LogP contribution in [0.1, 0.15) is 11.6 Å². The lowest BCUT2D eigenvalue weighted by molar-refractivity contribution is 0.0187. The summed E-state index contributed by atoms with van der Waals surface area (Å²) in [4.78, 5) is 18.2. The molecule has 7 nitrogen and oxygen atoms in total. The van der Waals surface area contributed by atoms with Gasteiger partial charge in [-0.2, -0.15) is 0 Å². The first kappa shape index (κ1) is 15.0. The molecular formula is C17H20N6O. The van der Waals surface area contributed by atoms with Crippen LogP contribution in [0.5, 0.6) is 0 Å². The first-order chi connectivity index (χ1) is 11.9. The van der Waals surface area contributed by atoms with Gasteiger partial charge in [0.05, 0.1) is 25.6 Å². The Hall–Kier alpha value is -2.51. The van der Waals surface area contributed by atoms with E-state index in [9.17, 15) is 0 Å². The molecule has 4 rings (SSSR count). The fraction of sp³-hybridized carbons (Fsp3) is 0.353. The molecule has 0 bridgehead atoms. The number of nitrogens with one attached hydrogen (secondary N) is 2. The van der Waals surface area contributed by atoms with Gasteiger partial charge in [0.25, 0.3) is 0 Å². The van der Waals surface area contributed by atoms with Crippen LogP contribution in [0.15, 0.2) is 43.0 Å². The largest absolute Gasteiger partial charge is 0.379 e. The molecule has 1 atom stereocenters. The topological polar surface area (TPSA) is 79.0 Å².